The zero-order valence-electron chi connectivity index (χ0n) is 15.6. The van der Waals surface area contributed by atoms with Gasteiger partial charge in [-0.3, -0.25) is 9.59 Å². The summed E-state index contributed by atoms with van der Waals surface area (Å²) >= 11 is 0. The van der Waals surface area contributed by atoms with Gasteiger partial charge in [-0.1, -0.05) is 24.3 Å². The number of fused-ring (bicyclic) bond motifs is 5. The predicted molar refractivity (Wildman–Crippen MR) is 103 cm³/mol. The van der Waals surface area contributed by atoms with Crippen LogP contribution in [0.5, 0.6) is 0 Å². The second kappa shape index (κ2) is 6.55. The van der Waals surface area contributed by atoms with E-state index in [-0.39, 0.29) is 35.5 Å². The standard InChI is InChI=1S/C22H18N2O5/c1-28-22(27)15-4-2-3-12(9-15)17-8-7-16(29-17)11-23-24-20(25)18-13-5-6-14(10-13)19(18)21(24)26/h2-9,11,13-14,18-19H,10H2,1H3/b23-11-/t13-,14-,18-,19+/m0/s1. The van der Waals surface area contributed by atoms with E-state index >= 15 is 0 Å². The summed E-state index contributed by atoms with van der Waals surface area (Å²) in [6.07, 6.45) is 6.35. The first-order valence-electron chi connectivity index (χ1n) is 9.45. The van der Waals surface area contributed by atoms with E-state index in [1.165, 1.54) is 13.3 Å². The smallest absolute Gasteiger partial charge is 0.337 e. The number of hydrazone groups is 1. The SMILES string of the molecule is COC(=O)c1cccc(-c2ccc(/C=N\N3C(=O)[C@@H]4[C@H](C3=O)[C@H]3C=C[C@H]4C3)o2)c1. The molecule has 146 valence electrons. The van der Waals surface area contributed by atoms with Gasteiger partial charge in [-0.25, -0.2) is 4.79 Å². The molecule has 1 aliphatic heterocycles. The number of nitrogens with zero attached hydrogens (tertiary/aromatic N) is 2. The highest BCUT2D eigenvalue weighted by Gasteiger charge is 2.59. The third-order valence-electron chi connectivity index (χ3n) is 5.94. The third kappa shape index (κ3) is 2.73. The number of carbonyl (C=O) groups excluding carboxylic acids is 3. The van der Waals surface area contributed by atoms with Crippen LogP contribution in [0.25, 0.3) is 11.3 Å². The van der Waals surface area contributed by atoms with Gasteiger partial charge < -0.3 is 9.15 Å². The van der Waals surface area contributed by atoms with Gasteiger partial charge in [0, 0.05) is 5.56 Å². The Morgan fingerprint density at radius 1 is 1.14 bits per heavy atom. The molecular formula is C22H18N2O5. The van der Waals surface area contributed by atoms with E-state index in [1.807, 2.05) is 18.2 Å². The van der Waals surface area contributed by atoms with Crippen molar-refractivity contribution in [2.45, 2.75) is 6.42 Å². The molecule has 7 nitrogen and oxygen atoms in total. The minimum absolute atomic E-state index is 0.152. The van der Waals surface area contributed by atoms with E-state index in [9.17, 15) is 14.4 Å². The van der Waals surface area contributed by atoms with Gasteiger partial charge in [0.1, 0.15) is 11.5 Å². The Hall–Kier alpha value is -3.48. The third-order valence-corrected chi connectivity index (χ3v) is 5.94. The molecule has 0 unspecified atom stereocenters. The zero-order valence-corrected chi connectivity index (χ0v) is 15.6. The molecule has 2 amide bonds. The van der Waals surface area contributed by atoms with E-state index in [4.69, 9.17) is 9.15 Å². The van der Waals surface area contributed by atoms with Crippen LogP contribution < -0.4 is 0 Å². The van der Waals surface area contributed by atoms with E-state index in [1.54, 1.807) is 30.3 Å². The van der Waals surface area contributed by atoms with Crippen molar-refractivity contribution < 1.29 is 23.5 Å². The number of benzene rings is 1. The number of carbonyl (C=O) groups is 3. The van der Waals surface area contributed by atoms with Crippen LogP contribution in [0.15, 0.2) is 58.1 Å². The molecule has 5 rings (SSSR count). The maximum atomic E-state index is 12.6. The van der Waals surface area contributed by atoms with Crippen molar-refractivity contribution in [3.8, 4) is 11.3 Å². The highest BCUT2D eigenvalue weighted by atomic mass is 16.5. The van der Waals surface area contributed by atoms with Gasteiger partial charge in [0.2, 0.25) is 0 Å². The van der Waals surface area contributed by atoms with E-state index < -0.39 is 5.97 Å². The molecule has 0 N–H and O–H groups in total. The topological polar surface area (TPSA) is 89.2 Å². The van der Waals surface area contributed by atoms with Crippen molar-refractivity contribution >= 4 is 24.0 Å². The summed E-state index contributed by atoms with van der Waals surface area (Å²) in [6, 6.07) is 10.3. The van der Waals surface area contributed by atoms with Crippen molar-refractivity contribution in [2.75, 3.05) is 7.11 Å². The van der Waals surface area contributed by atoms with E-state index in [0.717, 1.165) is 11.4 Å². The zero-order chi connectivity index (χ0) is 20.1. The van der Waals surface area contributed by atoms with Crippen LogP contribution in [0, 0.1) is 23.7 Å². The lowest BCUT2D eigenvalue weighted by Gasteiger charge is -2.13. The molecule has 7 heteroatoms. The van der Waals surface area contributed by atoms with E-state index in [0.29, 0.717) is 22.6 Å². The summed E-state index contributed by atoms with van der Waals surface area (Å²) in [5, 5.41) is 5.10. The Bertz CT molecular complexity index is 1050. The molecule has 1 saturated carbocycles. The Morgan fingerprint density at radius 2 is 1.86 bits per heavy atom. The Labute approximate surface area is 166 Å². The molecule has 3 aliphatic rings. The fourth-order valence-electron chi connectivity index (χ4n) is 4.61. The van der Waals surface area contributed by atoms with Gasteiger partial charge in [0.25, 0.3) is 11.8 Å². The second-order valence-corrected chi connectivity index (χ2v) is 7.51. The number of imide groups is 1. The van der Waals surface area contributed by atoms with Crippen LogP contribution >= 0.6 is 0 Å². The van der Waals surface area contributed by atoms with Gasteiger partial charge in [-0.15, -0.1) is 0 Å². The summed E-state index contributed by atoms with van der Waals surface area (Å²) in [7, 11) is 1.33. The number of ether oxygens (including phenoxy) is 1. The van der Waals surface area contributed by atoms with Crippen molar-refractivity contribution in [3.63, 3.8) is 0 Å². The minimum Gasteiger partial charge on any atom is -0.465 e. The average molecular weight is 390 g/mol. The quantitative estimate of drug-likeness (QED) is 0.347. The monoisotopic (exact) mass is 390 g/mol. The van der Waals surface area contributed by atoms with Gasteiger partial charge >= 0.3 is 5.97 Å². The number of allylic oxidation sites excluding steroid dienone is 2. The fraction of sp³-hybridized carbons (Fsp3) is 0.273. The van der Waals surface area contributed by atoms with Gasteiger partial charge in [-0.05, 0) is 42.5 Å². The fourth-order valence-corrected chi connectivity index (χ4v) is 4.61. The molecule has 4 atom stereocenters. The maximum Gasteiger partial charge on any atom is 0.337 e. The normalized spacial score (nSPS) is 27.3. The van der Waals surface area contributed by atoms with Crippen molar-refractivity contribution in [3.05, 3.63) is 59.9 Å². The molecule has 2 heterocycles. The molecule has 0 spiro atoms. The molecule has 2 fully saturated rings. The lowest BCUT2D eigenvalue weighted by Crippen LogP contribution is -2.28. The molecule has 29 heavy (non-hydrogen) atoms. The number of methoxy groups -OCH3 is 1. The number of furan rings is 1. The van der Waals surface area contributed by atoms with Crippen molar-refractivity contribution in [2.24, 2.45) is 28.8 Å². The van der Waals surface area contributed by atoms with Crippen LogP contribution in [-0.4, -0.2) is 36.1 Å². The number of hydrogen-bond donors (Lipinski definition) is 0. The van der Waals surface area contributed by atoms with Crippen LogP contribution in [0.2, 0.25) is 0 Å². The van der Waals surface area contributed by atoms with Crippen molar-refractivity contribution in [1.82, 2.24) is 5.01 Å². The molecule has 1 saturated heterocycles. The summed E-state index contributed by atoms with van der Waals surface area (Å²) < 4.78 is 10.5. The lowest BCUT2D eigenvalue weighted by atomic mass is 9.85. The molecule has 0 radical (unpaired) electrons. The lowest BCUT2D eigenvalue weighted by molar-refractivity contribution is -0.140. The number of hydrogen-bond acceptors (Lipinski definition) is 6. The molecular weight excluding hydrogens is 372 g/mol. The Kier molecular flexibility index (Phi) is 3.97. The molecule has 1 aromatic heterocycles. The minimum atomic E-state index is -0.430. The van der Waals surface area contributed by atoms with Crippen LogP contribution in [0.4, 0.5) is 0 Å². The van der Waals surface area contributed by atoms with Gasteiger partial charge in [0.05, 0.1) is 30.7 Å². The molecule has 2 aromatic rings. The molecule has 2 bridgehead atoms. The summed E-state index contributed by atoms with van der Waals surface area (Å²) in [5.41, 5.74) is 1.12. The number of esters is 1. The Morgan fingerprint density at radius 3 is 2.55 bits per heavy atom. The Balaban J connectivity index is 1.35. The predicted octanol–water partition coefficient (Wildman–Crippen LogP) is 2.87. The van der Waals surface area contributed by atoms with Gasteiger partial charge in [0.15, 0.2) is 0 Å². The van der Waals surface area contributed by atoms with Crippen LogP contribution in [0.1, 0.15) is 22.5 Å². The largest absolute Gasteiger partial charge is 0.465 e. The molecule has 2 aliphatic carbocycles. The summed E-state index contributed by atoms with van der Waals surface area (Å²) in [6.45, 7) is 0. The first kappa shape index (κ1) is 17.6. The maximum absolute atomic E-state index is 12.6. The van der Waals surface area contributed by atoms with Gasteiger partial charge in [-0.2, -0.15) is 10.1 Å². The first-order valence-corrected chi connectivity index (χ1v) is 9.45. The number of amides is 2. The van der Waals surface area contributed by atoms with Crippen molar-refractivity contribution in [1.29, 1.82) is 0 Å². The van der Waals surface area contributed by atoms with E-state index in [2.05, 4.69) is 5.10 Å². The molecule has 1 aromatic carbocycles. The first-order chi connectivity index (χ1) is 14.1. The highest BCUT2D eigenvalue weighted by Crippen LogP contribution is 2.52. The summed E-state index contributed by atoms with van der Waals surface area (Å²) in [4.78, 5) is 37.0. The average Bonchev–Trinajstić information content (AvgIpc) is 3.51. The number of rotatable bonds is 4. The van der Waals surface area contributed by atoms with Crippen LogP contribution in [0.3, 0.4) is 0 Å². The van der Waals surface area contributed by atoms with Crippen LogP contribution in [-0.2, 0) is 14.3 Å². The highest BCUT2D eigenvalue weighted by molar-refractivity contribution is 6.06. The second-order valence-electron chi connectivity index (χ2n) is 7.51. The summed E-state index contributed by atoms with van der Waals surface area (Å²) in [5.74, 6) is -0.196.